The summed E-state index contributed by atoms with van der Waals surface area (Å²) in [5, 5.41) is 14.0. The molecule has 0 unspecified atom stereocenters. The van der Waals surface area contributed by atoms with E-state index in [1.165, 1.54) is 0 Å². The van der Waals surface area contributed by atoms with Gasteiger partial charge in [-0.3, -0.25) is 9.59 Å². The Morgan fingerprint density at radius 3 is 2.53 bits per heavy atom. The SMILES string of the molecule is O=C(O)CCCNC(=O)CNc1ccccc1. The molecule has 0 aliphatic rings. The fourth-order valence-corrected chi connectivity index (χ4v) is 1.27. The molecule has 0 radical (unpaired) electrons. The van der Waals surface area contributed by atoms with Crippen molar-refractivity contribution in [2.75, 3.05) is 18.4 Å². The second kappa shape index (κ2) is 7.27. The first-order valence-corrected chi connectivity index (χ1v) is 5.46. The number of hydrogen-bond acceptors (Lipinski definition) is 3. The zero-order valence-corrected chi connectivity index (χ0v) is 9.48. The van der Waals surface area contributed by atoms with Crippen molar-refractivity contribution in [1.29, 1.82) is 0 Å². The van der Waals surface area contributed by atoms with Gasteiger partial charge in [0, 0.05) is 18.7 Å². The van der Waals surface area contributed by atoms with Crippen LogP contribution in [0.3, 0.4) is 0 Å². The van der Waals surface area contributed by atoms with Gasteiger partial charge >= 0.3 is 5.97 Å². The monoisotopic (exact) mass is 236 g/mol. The smallest absolute Gasteiger partial charge is 0.303 e. The summed E-state index contributed by atoms with van der Waals surface area (Å²) in [4.78, 5) is 21.6. The summed E-state index contributed by atoms with van der Waals surface area (Å²) in [5.41, 5.74) is 0.883. The van der Waals surface area contributed by atoms with Crippen LogP contribution < -0.4 is 10.6 Å². The lowest BCUT2D eigenvalue weighted by Gasteiger charge is -2.06. The molecule has 0 spiro atoms. The van der Waals surface area contributed by atoms with Gasteiger partial charge in [-0.2, -0.15) is 0 Å². The molecule has 0 aromatic heterocycles. The van der Waals surface area contributed by atoms with Gasteiger partial charge in [-0.25, -0.2) is 0 Å². The molecule has 1 rings (SSSR count). The molecule has 0 saturated carbocycles. The minimum atomic E-state index is -0.846. The van der Waals surface area contributed by atoms with E-state index in [0.717, 1.165) is 5.69 Å². The maximum absolute atomic E-state index is 11.3. The van der Waals surface area contributed by atoms with Crippen LogP contribution in [-0.2, 0) is 9.59 Å². The summed E-state index contributed by atoms with van der Waals surface area (Å²) in [6, 6.07) is 9.41. The van der Waals surface area contributed by atoms with E-state index in [1.54, 1.807) is 0 Å². The Labute approximate surface area is 99.8 Å². The third kappa shape index (κ3) is 6.19. The number of aliphatic carboxylic acids is 1. The largest absolute Gasteiger partial charge is 0.481 e. The molecule has 5 heteroatoms. The van der Waals surface area contributed by atoms with Crippen LogP contribution in [0.4, 0.5) is 5.69 Å². The second-order valence-corrected chi connectivity index (χ2v) is 3.57. The van der Waals surface area contributed by atoms with Gasteiger partial charge in [0.25, 0.3) is 0 Å². The van der Waals surface area contributed by atoms with Crippen molar-refractivity contribution in [3.8, 4) is 0 Å². The average molecular weight is 236 g/mol. The van der Waals surface area contributed by atoms with Crippen LogP contribution >= 0.6 is 0 Å². The van der Waals surface area contributed by atoms with Crippen molar-refractivity contribution >= 4 is 17.6 Å². The van der Waals surface area contributed by atoms with E-state index in [0.29, 0.717) is 13.0 Å². The number of carbonyl (C=O) groups excluding carboxylic acids is 1. The van der Waals surface area contributed by atoms with Crippen LogP contribution in [0, 0.1) is 0 Å². The molecule has 0 fully saturated rings. The lowest BCUT2D eigenvalue weighted by atomic mass is 10.3. The first kappa shape index (κ1) is 13.0. The van der Waals surface area contributed by atoms with Crippen molar-refractivity contribution in [3.05, 3.63) is 30.3 Å². The Morgan fingerprint density at radius 2 is 1.88 bits per heavy atom. The van der Waals surface area contributed by atoms with Gasteiger partial charge in [0.05, 0.1) is 6.54 Å². The number of nitrogens with one attached hydrogen (secondary N) is 2. The Hall–Kier alpha value is -2.04. The van der Waals surface area contributed by atoms with E-state index >= 15 is 0 Å². The average Bonchev–Trinajstić information content (AvgIpc) is 2.33. The number of hydrogen-bond donors (Lipinski definition) is 3. The fourth-order valence-electron chi connectivity index (χ4n) is 1.27. The molecular weight excluding hydrogens is 220 g/mol. The minimum absolute atomic E-state index is 0.0758. The third-order valence-corrected chi connectivity index (χ3v) is 2.12. The number of para-hydroxylation sites is 1. The number of rotatable bonds is 7. The molecule has 0 saturated heterocycles. The fraction of sp³-hybridized carbons (Fsp3) is 0.333. The number of carboxylic acids is 1. The molecule has 0 atom stereocenters. The molecule has 0 heterocycles. The van der Waals surface area contributed by atoms with Crippen LogP contribution in [0.5, 0.6) is 0 Å². The van der Waals surface area contributed by atoms with Gasteiger partial charge in [-0.05, 0) is 18.6 Å². The molecule has 0 aliphatic heterocycles. The number of amides is 1. The highest BCUT2D eigenvalue weighted by atomic mass is 16.4. The summed E-state index contributed by atoms with van der Waals surface area (Å²) in [7, 11) is 0. The van der Waals surface area contributed by atoms with E-state index in [1.807, 2.05) is 30.3 Å². The van der Waals surface area contributed by atoms with Gasteiger partial charge in [0.15, 0.2) is 0 Å². The molecule has 5 nitrogen and oxygen atoms in total. The van der Waals surface area contributed by atoms with Gasteiger partial charge in [0.1, 0.15) is 0 Å². The van der Waals surface area contributed by atoms with Crippen molar-refractivity contribution in [2.24, 2.45) is 0 Å². The van der Waals surface area contributed by atoms with E-state index in [4.69, 9.17) is 5.11 Å². The standard InChI is InChI=1S/C12H16N2O3/c15-11(13-8-4-7-12(16)17)9-14-10-5-2-1-3-6-10/h1-3,5-6,14H,4,7-9H2,(H,13,15)(H,16,17). The van der Waals surface area contributed by atoms with E-state index in [2.05, 4.69) is 10.6 Å². The predicted molar refractivity (Wildman–Crippen MR) is 64.8 cm³/mol. The number of carboxylic acid groups (broad SMARTS) is 1. The summed E-state index contributed by atoms with van der Waals surface area (Å²) < 4.78 is 0. The van der Waals surface area contributed by atoms with Crippen LogP contribution in [0.2, 0.25) is 0 Å². The molecule has 3 N–H and O–H groups in total. The van der Waals surface area contributed by atoms with Crippen LogP contribution in [0.25, 0.3) is 0 Å². The topological polar surface area (TPSA) is 78.4 Å². The van der Waals surface area contributed by atoms with E-state index in [9.17, 15) is 9.59 Å². The Kier molecular flexibility index (Phi) is 5.57. The quantitative estimate of drug-likeness (QED) is 0.619. The van der Waals surface area contributed by atoms with Gasteiger partial charge < -0.3 is 15.7 Å². The van der Waals surface area contributed by atoms with E-state index in [-0.39, 0.29) is 18.9 Å². The van der Waals surface area contributed by atoms with Crippen LogP contribution in [0.1, 0.15) is 12.8 Å². The zero-order valence-electron chi connectivity index (χ0n) is 9.48. The molecule has 92 valence electrons. The zero-order chi connectivity index (χ0) is 12.5. The summed E-state index contributed by atoms with van der Waals surface area (Å²) in [6.45, 7) is 0.582. The number of benzene rings is 1. The first-order chi connectivity index (χ1) is 8.18. The molecule has 1 aromatic rings. The van der Waals surface area contributed by atoms with Gasteiger partial charge in [0.2, 0.25) is 5.91 Å². The van der Waals surface area contributed by atoms with Gasteiger partial charge in [-0.1, -0.05) is 18.2 Å². The predicted octanol–water partition coefficient (Wildman–Crippen LogP) is 1.08. The lowest BCUT2D eigenvalue weighted by Crippen LogP contribution is -2.30. The Morgan fingerprint density at radius 1 is 1.18 bits per heavy atom. The summed E-state index contributed by atoms with van der Waals surface area (Å²) in [5.74, 6) is -0.985. The molecule has 1 amide bonds. The van der Waals surface area contributed by atoms with Crippen LogP contribution in [-0.4, -0.2) is 30.1 Å². The van der Waals surface area contributed by atoms with Crippen molar-refractivity contribution in [1.82, 2.24) is 5.32 Å². The summed E-state index contributed by atoms with van der Waals surface area (Å²) >= 11 is 0. The maximum Gasteiger partial charge on any atom is 0.303 e. The Balaban J connectivity index is 2.11. The molecule has 0 aliphatic carbocycles. The first-order valence-electron chi connectivity index (χ1n) is 5.46. The Bertz CT molecular complexity index is 365. The van der Waals surface area contributed by atoms with Crippen molar-refractivity contribution in [3.63, 3.8) is 0 Å². The van der Waals surface area contributed by atoms with Crippen LogP contribution in [0.15, 0.2) is 30.3 Å². The molecule has 17 heavy (non-hydrogen) atoms. The number of anilines is 1. The second-order valence-electron chi connectivity index (χ2n) is 3.57. The maximum atomic E-state index is 11.3. The molecule has 0 bridgehead atoms. The highest BCUT2D eigenvalue weighted by Gasteiger charge is 2.01. The van der Waals surface area contributed by atoms with Crippen molar-refractivity contribution < 1.29 is 14.7 Å². The van der Waals surface area contributed by atoms with E-state index < -0.39 is 5.97 Å². The van der Waals surface area contributed by atoms with Crippen molar-refractivity contribution in [2.45, 2.75) is 12.8 Å². The highest BCUT2D eigenvalue weighted by molar-refractivity contribution is 5.80. The number of carbonyl (C=O) groups is 2. The molecule has 1 aromatic carbocycles. The molecular formula is C12H16N2O3. The minimum Gasteiger partial charge on any atom is -0.481 e. The normalized spacial score (nSPS) is 9.65. The summed E-state index contributed by atoms with van der Waals surface area (Å²) in [6.07, 6.45) is 0.527. The lowest BCUT2D eigenvalue weighted by molar-refractivity contribution is -0.137. The van der Waals surface area contributed by atoms with Gasteiger partial charge in [-0.15, -0.1) is 0 Å². The third-order valence-electron chi connectivity index (χ3n) is 2.12. The highest BCUT2D eigenvalue weighted by Crippen LogP contribution is 2.03.